The molecule has 2 aromatic heterocycles. The Hall–Kier alpha value is -1.88. The zero-order valence-electron chi connectivity index (χ0n) is 16.1. The Labute approximate surface area is 170 Å². The molecular weight excluding hydrogens is 376 g/mol. The molecule has 0 atom stereocenters. The highest BCUT2D eigenvalue weighted by Crippen LogP contribution is 2.29. The molecule has 1 saturated carbocycles. The zero-order chi connectivity index (χ0) is 19.3. The summed E-state index contributed by atoms with van der Waals surface area (Å²) in [4.78, 5) is 11.4. The number of halogens is 1. The summed E-state index contributed by atoms with van der Waals surface area (Å²) < 4.78 is 7.61. The number of nitrogens with zero attached hydrogens (tertiary/aromatic N) is 5. The lowest BCUT2D eigenvalue weighted by Crippen LogP contribution is -2.46. The van der Waals surface area contributed by atoms with Gasteiger partial charge in [0.05, 0.1) is 24.8 Å². The van der Waals surface area contributed by atoms with Crippen LogP contribution in [0.15, 0.2) is 12.3 Å². The minimum atomic E-state index is 0.270. The Morgan fingerprint density at radius 2 is 2.00 bits per heavy atom. The number of anilines is 1. The van der Waals surface area contributed by atoms with Crippen LogP contribution in [0.4, 0.5) is 5.82 Å². The number of fused-ring (bicyclic) bond motifs is 1. The van der Waals surface area contributed by atoms with Crippen molar-refractivity contribution in [3.05, 3.63) is 17.5 Å². The number of morpholine rings is 1. The van der Waals surface area contributed by atoms with Crippen molar-refractivity contribution in [3.8, 4) is 6.07 Å². The summed E-state index contributed by atoms with van der Waals surface area (Å²) in [6, 6.07) is 5.24. The van der Waals surface area contributed by atoms with E-state index in [0.29, 0.717) is 18.5 Å². The number of aryl methyl sites for hydroxylation is 1. The average molecular weight is 403 g/mol. The van der Waals surface area contributed by atoms with E-state index >= 15 is 0 Å². The minimum Gasteiger partial charge on any atom is -0.379 e. The fraction of sp³-hybridized carbons (Fsp3) is 0.650. The van der Waals surface area contributed by atoms with Gasteiger partial charge < -0.3 is 14.6 Å². The second kappa shape index (κ2) is 9.08. The van der Waals surface area contributed by atoms with Gasteiger partial charge in [-0.25, -0.2) is 4.98 Å². The molecule has 1 aliphatic heterocycles. The number of ether oxygens (including phenoxy) is 1. The van der Waals surface area contributed by atoms with Gasteiger partial charge in [0.1, 0.15) is 5.52 Å². The molecule has 0 unspecified atom stereocenters. The third kappa shape index (κ3) is 4.40. The van der Waals surface area contributed by atoms with Crippen molar-refractivity contribution in [2.75, 3.05) is 31.6 Å². The van der Waals surface area contributed by atoms with Crippen molar-refractivity contribution in [2.24, 2.45) is 0 Å². The van der Waals surface area contributed by atoms with Gasteiger partial charge in [0.25, 0.3) is 0 Å². The first-order chi connectivity index (χ1) is 13.7. The molecule has 1 saturated heterocycles. The van der Waals surface area contributed by atoms with Crippen LogP contribution in [-0.4, -0.2) is 57.8 Å². The molecular formula is C20H27ClN6O. The molecule has 28 heavy (non-hydrogen) atoms. The monoisotopic (exact) mass is 402 g/mol. The topological polar surface area (TPSA) is 79.0 Å². The molecule has 1 N–H and O–H groups in total. The highest BCUT2D eigenvalue weighted by Gasteiger charge is 2.27. The van der Waals surface area contributed by atoms with Crippen molar-refractivity contribution < 1.29 is 4.74 Å². The molecule has 8 heteroatoms. The summed E-state index contributed by atoms with van der Waals surface area (Å²) in [6.07, 6.45) is 8.01. The second-order valence-electron chi connectivity index (χ2n) is 7.64. The van der Waals surface area contributed by atoms with Crippen LogP contribution in [0.5, 0.6) is 0 Å². The van der Waals surface area contributed by atoms with Gasteiger partial charge in [-0.1, -0.05) is 0 Å². The largest absolute Gasteiger partial charge is 0.379 e. The van der Waals surface area contributed by atoms with Crippen molar-refractivity contribution in [1.29, 1.82) is 5.26 Å². The van der Waals surface area contributed by atoms with Crippen molar-refractivity contribution >= 4 is 28.5 Å². The Morgan fingerprint density at radius 1 is 1.21 bits per heavy atom. The molecule has 0 radical (unpaired) electrons. The van der Waals surface area contributed by atoms with E-state index in [-0.39, 0.29) is 5.28 Å². The lowest BCUT2D eigenvalue weighted by Gasteiger charge is -2.39. The quantitative estimate of drug-likeness (QED) is 0.589. The SMILES string of the molecule is N#CCCCn1ccc2nc(Cl)nc(N[C@H]3CC[C@H](N4CCOCC4)CC3)c21. The molecule has 4 rings (SSSR count). The highest BCUT2D eigenvalue weighted by atomic mass is 35.5. The maximum Gasteiger partial charge on any atom is 0.225 e. The first kappa shape index (κ1) is 19.4. The fourth-order valence-corrected chi connectivity index (χ4v) is 4.59. The van der Waals surface area contributed by atoms with Gasteiger partial charge in [-0.05, 0) is 49.8 Å². The van der Waals surface area contributed by atoms with E-state index in [1.807, 2.05) is 12.3 Å². The van der Waals surface area contributed by atoms with Gasteiger partial charge in [0, 0.05) is 44.3 Å². The molecule has 0 aromatic carbocycles. The van der Waals surface area contributed by atoms with E-state index < -0.39 is 0 Å². The van der Waals surface area contributed by atoms with Gasteiger partial charge >= 0.3 is 0 Å². The molecule has 2 fully saturated rings. The molecule has 0 spiro atoms. The molecule has 1 aliphatic carbocycles. The third-order valence-electron chi connectivity index (χ3n) is 5.87. The van der Waals surface area contributed by atoms with Gasteiger partial charge in [0.2, 0.25) is 5.28 Å². The normalized spacial score (nSPS) is 23.6. The molecule has 3 heterocycles. The number of nitrogens with one attached hydrogen (secondary N) is 1. The predicted molar refractivity (Wildman–Crippen MR) is 109 cm³/mol. The lowest BCUT2D eigenvalue weighted by molar-refractivity contribution is 0.00791. The third-order valence-corrected chi connectivity index (χ3v) is 6.04. The number of aromatic nitrogens is 3. The second-order valence-corrected chi connectivity index (χ2v) is 7.98. The van der Waals surface area contributed by atoms with E-state index in [1.54, 1.807) is 0 Å². The lowest BCUT2D eigenvalue weighted by atomic mass is 9.90. The summed E-state index contributed by atoms with van der Waals surface area (Å²) >= 11 is 6.17. The standard InChI is InChI=1S/C20H27ClN6O/c21-20-24-17-7-10-27(9-2-1-8-22)18(17)19(25-20)23-15-3-5-16(6-4-15)26-11-13-28-14-12-26/h7,10,15-16H,1-6,9,11-14H2,(H,23,24,25)/t15-,16-. The zero-order valence-corrected chi connectivity index (χ0v) is 16.9. The van der Waals surface area contributed by atoms with Gasteiger partial charge in [-0.2, -0.15) is 10.2 Å². The molecule has 0 amide bonds. The Kier molecular flexibility index (Phi) is 6.30. The van der Waals surface area contributed by atoms with Gasteiger partial charge in [-0.3, -0.25) is 4.90 Å². The van der Waals surface area contributed by atoms with Crippen molar-refractivity contribution in [3.63, 3.8) is 0 Å². The van der Waals surface area contributed by atoms with Crippen LogP contribution in [0.2, 0.25) is 5.28 Å². The number of hydrogen-bond donors (Lipinski definition) is 1. The minimum absolute atomic E-state index is 0.270. The number of hydrogen-bond acceptors (Lipinski definition) is 6. The Bertz CT molecular complexity index is 833. The number of unbranched alkanes of at least 4 members (excludes halogenated alkanes) is 1. The van der Waals surface area contributed by atoms with Crippen molar-refractivity contribution in [2.45, 2.75) is 57.2 Å². The molecule has 2 aromatic rings. The molecule has 7 nitrogen and oxygen atoms in total. The van der Waals surface area contributed by atoms with Gasteiger partial charge in [-0.15, -0.1) is 0 Å². The van der Waals surface area contributed by atoms with Crippen molar-refractivity contribution in [1.82, 2.24) is 19.4 Å². The van der Waals surface area contributed by atoms with Crippen LogP contribution in [0, 0.1) is 11.3 Å². The van der Waals surface area contributed by atoms with E-state index in [1.165, 1.54) is 12.8 Å². The van der Waals surface area contributed by atoms with Crippen LogP contribution in [-0.2, 0) is 11.3 Å². The first-order valence-electron chi connectivity index (χ1n) is 10.2. The fourth-order valence-electron chi connectivity index (χ4n) is 4.42. The van der Waals surface area contributed by atoms with E-state index in [2.05, 4.69) is 30.8 Å². The molecule has 2 aliphatic rings. The number of rotatable bonds is 6. The Balaban J connectivity index is 1.44. The smallest absolute Gasteiger partial charge is 0.225 e. The summed E-state index contributed by atoms with van der Waals surface area (Å²) in [6.45, 7) is 4.61. The van der Waals surface area contributed by atoms with E-state index in [4.69, 9.17) is 21.6 Å². The van der Waals surface area contributed by atoms with Crippen LogP contribution >= 0.6 is 11.6 Å². The van der Waals surface area contributed by atoms with Crippen LogP contribution < -0.4 is 5.32 Å². The van der Waals surface area contributed by atoms with E-state index in [0.717, 1.165) is 69.0 Å². The maximum absolute atomic E-state index is 8.81. The van der Waals surface area contributed by atoms with Crippen LogP contribution in [0.3, 0.4) is 0 Å². The van der Waals surface area contributed by atoms with Gasteiger partial charge in [0.15, 0.2) is 5.82 Å². The summed E-state index contributed by atoms with van der Waals surface area (Å²) in [7, 11) is 0. The predicted octanol–water partition coefficient (Wildman–Crippen LogP) is 3.44. The summed E-state index contributed by atoms with van der Waals surface area (Å²) in [5, 5.41) is 12.7. The van der Waals surface area contributed by atoms with E-state index in [9.17, 15) is 0 Å². The number of nitriles is 1. The van der Waals surface area contributed by atoms with Crippen LogP contribution in [0.1, 0.15) is 38.5 Å². The first-order valence-corrected chi connectivity index (χ1v) is 10.6. The van der Waals surface area contributed by atoms with Crippen LogP contribution in [0.25, 0.3) is 11.0 Å². The Morgan fingerprint density at radius 3 is 2.75 bits per heavy atom. The summed E-state index contributed by atoms with van der Waals surface area (Å²) in [5.41, 5.74) is 1.83. The molecule has 0 bridgehead atoms. The summed E-state index contributed by atoms with van der Waals surface area (Å²) in [5.74, 6) is 0.812. The maximum atomic E-state index is 8.81. The molecule has 150 valence electrons. The highest BCUT2D eigenvalue weighted by molar-refractivity contribution is 6.28. The average Bonchev–Trinajstić information content (AvgIpc) is 3.12.